The molecule has 0 spiro atoms. The fourth-order valence-electron chi connectivity index (χ4n) is 3.67. The van der Waals surface area contributed by atoms with E-state index >= 15 is 0 Å². The number of nitrogens with one attached hydrogen (secondary N) is 1. The summed E-state index contributed by atoms with van der Waals surface area (Å²) in [6, 6.07) is 5.20. The lowest BCUT2D eigenvalue weighted by molar-refractivity contribution is -0.114. The molecule has 0 atom stereocenters. The van der Waals surface area contributed by atoms with Crippen molar-refractivity contribution >= 4 is 17.5 Å². The van der Waals surface area contributed by atoms with Crippen molar-refractivity contribution in [1.82, 2.24) is 5.32 Å². The van der Waals surface area contributed by atoms with Crippen LogP contribution < -0.4 is 10.2 Å². The van der Waals surface area contributed by atoms with Gasteiger partial charge in [-0.25, -0.2) is 4.39 Å². The quantitative estimate of drug-likeness (QED) is 0.801. The molecular weight excluding hydrogens is 323 g/mol. The number of alkyl halides is 1. The molecule has 1 aromatic carbocycles. The molecule has 6 heteroatoms. The molecule has 25 heavy (non-hydrogen) atoms. The molecule has 1 saturated carbocycles. The van der Waals surface area contributed by atoms with Gasteiger partial charge in [0.2, 0.25) is 5.91 Å². The number of hydrogen-bond acceptors (Lipinski definition) is 3. The van der Waals surface area contributed by atoms with Crippen LogP contribution in [0.1, 0.15) is 35.2 Å². The predicted octanol–water partition coefficient (Wildman–Crippen LogP) is 1.99. The van der Waals surface area contributed by atoms with Crippen molar-refractivity contribution in [3.8, 4) is 0 Å². The van der Waals surface area contributed by atoms with Crippen LogP contribution in [0.15, 0.2) is 30.9 Å². The number of carbonyl (C=O) groups is 2. The average molecular weight is 346 g/mol. The molecule has 0 radical (unpaired) electrons. The van der Waals surface area contributed by atoms with Crippen LogP contribution >= 0.6 is 0 Å². The normalized spacial score (nSPS) is 24.9. The highest BCUT2D eigenvalue weighted by atomic mass is 19.1. The minimum absolute atomic E-state index is 0.000901. The van der Waals surface area contributed by atoms with Crippen molar-refractivity contribution in [3.63, 3.8) is 0 Å². The summed E-state index contributed by atoms with van der Waals surface area (Å²) >= 11 is 0. The van der Waals surface area contributed by atoms with Gasteiger partial charge in [0.1, 0.15) is 5.67 Å². The number of amides is 2. The minimum atomic E-state index is -1.41. The molecule has 3 rings (SSSR count). The molecule has 2 N–H and O–H groups in total. The number of hydrogen-bond donors (Lipinski definition) is 2. The lowest BCUT2D eigenvalue weighted by Crippen LogP contribution is -2.49. The summed E-state index contributed by atoms with van der Waals surface area (Å²) < 4.78 is 14.3. The molecule has 2 amide bonds. The molecule has 1 aromatic rings. The zero-order valence-corrected chi connectivity index (χ0v) is 14.1. The van der Waals surface area contributed by atoms with Crippen LogP contribution in [0.25, 0.3) is 0 Å². The molecule has 1 aliphatic heterocycles. The van der Waals surface area contributed by atoms with Gasteiger partial charge in [0.15, 0.2) is 0 Å². The maximum absolute atomic E-state index is 14.3. The highest BCUT2D eigenvalue weighted by molar-refractivity contribution is 6.02. The second-order valence-corrected chi connectivity index (χ2v) is 6.93. The van der Waals surface area contributed by atoms with Crippen molar-refractivity contribution in [2.45, 2.75) is 31.4 Å². The van der Waals surface area contributed by atoms with Crippen molar-refractivity contribution < 1.29 is 19.1 Å². The van der Waals surface area contributed by atoms with Gasteiger partial charge in [-0.15, -0.1) is 0 Å². The third-order valence-corrected chi connectivity index (χ3v) is 5.03. The van der Waals surface area contributed by atoms with Gasteiger partial charge in [0, 0.05) is 24.4 Å². The van der Waals surface area contributed by atoms with Gasteiger partial charge in [-0.3, -0.25) is 9.59 Å². The van der Waals surface area contributed by atoms with E-state index in [4.69, 9.17) is 5.11 Å². The standard InChI is InChI=1S/C19H23FN2O3/c1-2-17(24)22-7-3-4-14-8-15(5-6-16(14)22)18(25)21-12-19(20)9-13(10-19)11-23/h2,5-6,8,13,23H,1,3-4,7,9-12H2,(H,21,25). The Kier molecular flexibility index (Phi) is 4.90. The summed E-state index contributed by atoms with van der Waals surface area (Å²) in [7, 11) is 0. The first-order valence-corrected chi connectivity index (χ1v) is 8.60. The number of anilines is 1. The Bertz CT molecular complexity index is 698. The second kappa shape index (κ2) is 6.96. The Hall–Kier alpha value is -2.21. The summed E-state index contributed by atoms with van der Waals surface area (Å²) in [5.41, 5.74) is 0.797. The largest absolute Gasteiger partial charge is 0.396 e. The zero-order valence-electron chi connectivity index (χ0n) is 14.1. The van der Waals surface area contributed by atoms with E-state index in [2.05, 4.69) is 11.9 Å². The average Bonchev–Trinajstić information content (AvgIpc) is 2.62. The zero-order chi connectivity index (χ0) is 18.0. The molecule has 0 unspecified atom stereocenters. The van der Waals surface area contributed by atoms with Gasteiger partial charge in [0.05, 0.1) is 6.54 Å². The van der Waals surface area contributed by atoms with E-state index in [0.717, 1.165) is 24.1 Å². The third-order valence-electron chi connectivity index (χ3n) is 5.03. The molecule has 134 valence electrons. The van der Waals surface area contributed by atoms with Gasteiger partial charge < -0.3 is 15.3 Å². The lowest BCUT2D eigenvalue weighted by Gasteiger charge is -2.40. The SMILES string of the molecule is C=CC(=O)N1CCCc2cc(C(=O)NCC3(F)CC(CO)C3)ccc21. The van der Waals surface area contributed by atoms with Crippen LogP contribution in [0, 0.1) is 5.92 Å². The van der Waals surface area contributed by atoms with Crippen LogP contribution in [0.4, 0.5) is 10.1 Å². The first-order valence-electron chi connectivity index (χ1n) is 8.60. The second-order valence-electron chi connectivity index (χ2n) is 6.93. The highest BCUT2D eigenvalue weighted by Crippen LogP contribution is 2.40. The number of carbonyl (C=O) groups excluding carboxylic acids is 2. The number of aryl methyl sites for hydroxylation is 1. The number of aliphatic hydroxyl groups is 1. The first kappa shape index (κ1) is 17.6. The number of nitrogens with zero attached hydrogens (tertiary/aromatic N) is 1. The Balaban J connectivity index is 1.66. The number of rotatable bonds is 5. The maximum Gasteiger partial charge on any atom is 0.251 e. The molecule has 0 bridgehead atoms. The van der Waals surface area contributed by atoms with Gasteiger partial charge in [-0.1, -0.05) is 6.58 Å². The predicted molar refractivity (Wildman–Crippen MR) is 93.3 cm³/mol. The smallest absolute Gasteiger partial charge is 0.251 e. The molecule has 1 aliphatic carbocycles. The number of halogens is 1. The lowest BCUT2D eigenvalue weighted by atomic mass is 9.72. The third kappa shape index (κ3) is 3.58. The fourth-order valence-corrected chi connectivity index (χ4v) is 3.67. The van der Waals surface area contributed by atoms with Gasteiger partial charge in [-0.05, 0) is 61.4 Å². The monoisotopic (exact) mass is 346 g/mol. The van der Waals surface area contributed by atoms with Gasteiger partial charge in [0.25, 0.3) is 5.91 Å². The van der Waals surface area contributed by atoms with Crippen LogP contribution in [0.2, 0.25) is 0 Å². The van der Waals surface area contributed by atoms with Crippen molar-refractivity contribution in [2.24, 2.45) is 5.92 Å². The summed E-state index contributed by atoms with van der Waals surface area (Å²) in [5.74, 6) is -0.473. The van der Waals surface area contributed by atoms with E-state index in [1.165, 1.54) is 6.08 Å². The Morgan fingerprint density at radius 2 is 2.20 bits per heavy atom. The maximum atomic E-state index is 14.3. The fraction of sp³-hybridized carbons (Fsp3) is 0.474. The Morgan fingerprint density at radius 3 is 2.88 bits per heavy atom. The molecule has 1 heterocycles. The van der Waals surface area contributed by atoms with E-state index in [1.807, 2.05) is 0 Å². The summed E-state index contributed by atoms with van der Waals surface area (Å²) in [4.78, 5) is 25.9. The van der Waals surface area contributed by atoms with Crippen molar-refractivity contribution in [2.75, 3.05) is 24.6 Å². The summed E-state index contributed by atoms with van der Waals surface area (Å²) in [6.07, 6.45) is 3.48. The molecule has 2 aliphatic rings. The van der Waals surface area contributed by atoms with E-state index < -0.39 is 5.67 Å². The number of aliphatic hydroxyl groups excluding tert-OH is 1. The minimum Gasteiger partial charge on any atom is -0.396 e. The Morgan fingerprint density at radius 1 is 1.44 bits per heavy atom. The van der Waals surface area contributed by atoms with Crippen LogP contribution in [-0.2, 0) is 11.2 Å². The molecule has 1 fully saturated rings. The van der Waals surface area contributed by atoms with Gasteiger partial charge in [-0.2, -0.15) is 0 Å². The topological polar surface area (TPSA) is 69.6 Å². The van der Waals surface area contributed by atoms with E-state index in [1.54, 1.807) is 23.1 Å². The summed E-state index contributed by atoms with van der Waals surface area (Å²) in [6.45, 7) is 4.11. The molecule has 0 aromatic heterocycles. The van der Waals surface area contributed by atoms with Crippen molar-refractivity contribution in [1.29, 1.82) is 0 Å². The first-order chi connectivity index (χ1) is 12.0. The van der Waals surface area contributed by atoms with Gasteiger partial charge >= 0.3 is 0 Å². The number of fused-ring (bicyclic) bond motifs is 1. The molecule has 0 saturated heterocycles. The summed E-state index contributed by atoms with van der Waals surface area (Å²) in [5, 5.41) is 11.6. The van der Waals surface area contributed by atoms with E-state index in [0.29, 0.717) is 12.1 Å². The highest BCUT2D eigenvalue weighted by Gasteiger charge is 2.44. The van der Waals surface area contributed by atoms with E-state index in [9.17, 15) is 14.0 Å². The van der Waals surface area contributed by atoms with Crippen LogP contribution in [0.5, 0.6) is 0 Å². The van der Waals surface area contributed by atoms with Crippen LogP contribution in [-0.4, -0.2) is 42.3 Å². The molecular formula is C19H23FN2O3. The van der Waals surface area contributed by atoms with Crippen molar-refractivity contribution in [3.05, 3.63) is 42.0 Å². The van der Waals surface area contributed by atoms with E-state index in [-0.39, 0.29) is 43.7 Å². The number of benzene rings is 1. The van der Waals surface area contributed by atoms with Crippen LogP contribution in [0.3, 0.4) is 0 Å². The molecule has 5 nitrogen and oxygen atoms in total. The Labute approximate surface area is 146 Å².